The van der Waals surface area contributed by atoms with E-state index in [9.17, 15) is 19.2 Å². The summed E-state index contributed by atoms with van der Waals surface area (Å²) < 4.78 is 8.51. The third-order valence-electron chi connectivity index (χ3n) is 5.61. The molecule has 0 saturated carbocycles. The first-order valence-corrected chi connectivity index (χ1v) is 15.5. The van der Waals surface area contributed by atoms with Crippen LogP contribution in [0.1, 0.15) is 66.3 Å². The number of carbonyl (C=O) groups is 4. The Labute approximate surface area is 264 Å². The van der Waals surface area contributed by atoms with Gasteiger partial charge in [0.1, 0.15) is 6.04 Å². The van der Waals surface area contributed by atoms with Crippen LogP contribution in [0.2, 0.25) is 0 Å². The van der Waals surface area contributed by atoms with E-state index in [1.807, 2.05) is 45.9 Å². The molecule has 1 heterocycles. The Bertz CT molecular complexity index is 1200. The number of carbonyl (C=O) groups excluding carboxylic acids is 4. The van der Waals surface area contributed by atoms with Crippen LogP contribution in [0.25, 0.3) is 0 Å². The van der Waals surface area contributed by atoms with Gasteiger partial charge in [0.25, 0.3) is 17.7 Å². The van der Waals surface area contributed by atoms with E-state index in [-0.39, 0.29) is 18.3 Å². The van der Waals surface area contributed by atoms with Crippen molar-refractivity contribution in [1.29, 1.82) is 0 Å². The third-order valence-corrected chi connectivity index (χ3v) is 13.0. The Hall–Kier alpha value is -0.560. The van der Waals surface area contributed by atoms with Gasteiger partial charge in [-0.3, -0.25) is 19.3 Å². The first-order valence-electron chi connectivity index (χ1n) is 11.2. The number of hydrogen-bond donors (Lipinski definition) is 1. The molecule has 2 aromatic rings. The Morgan fingerprint density at radius 3 is 1.92 bits per heavy atom. The monoisotopic (exact) mass is 940 g/mol. The zero-order valence-corrected chi connectivity index (χ0v) is 28.6. The maximum Gasteiger partial charge on any atom is 0.329 e. The highest BCUT2D eigenvalue weighted by Gasteiger charge is 2.47. The molecule has 0 spiro atoms. The fraction of sp³-hybridized carbons (Fsp3) is 0.360. The molecule has 0 aromatic heterocycles. The highest BCUT2D eigenvalue weighted by Crippen LogP contribution is 2.39. The number of hydrogen-bond acceptors (Lipinski definition) is 5. The average molecular weight is 940 g/mol. The van der Waals surface area contributed by atoms with E-state index < -0.39 is 36.3 Å². The van der Waals surface area contributed by atoms with Gasteiger partial charge in [0.05, 0.1) is 11.1 Å². The van der Waals surface area contributed by atoms with Crippen molar-refractivity contribution in [2.45, 2.75) is 46.1 Å². The molecule has 192 valence electrons. The van der Waals surface area contributed by atoms with E-state index in [4.69, 9.17) is 4.74 Å². The van der Waals surface area contributed by atoms with Gasteiger partial charge in [-0.05, 0) is 120 Å². The summed E-state index contributed by atoms with van der Waals surface area (Å²) in [6.07, 6.45) is 0.226. The summed E-state index contributed by atoms with van der Waals surface area (Å²) in [5, 5.41) is 2.79. The quantitative estimate of drug-likeness (QED) is 0.109. The van der Waals surface area contributed by atoms with E-state index in [0.29, 0.717) is 24.0 Å². The summed E-state index contributed by atoms with van der Waals surface area (Å²) in [5.41, 5.74) is 2.26. The van der Waals surface area contributed by atoms with Gasteiger partial charge in [-0.15, -0.1) is 0 Å². The highest BCUT2D eigenvalue weighted by atomic mass is 127. The van der Waals surface area contributed by atoms with Gasteiger partial charge in [0.2, 0.25) is 0 Å². The first-order chi connectivity index (χ1) is 16.9. The number of anilines is 1. The number of esters is 1. The third kappa shape index (κ3) is 6.18. The van der Waals surface area contributed by atoms with Gasteiger partial charge in [0.15, 0.2) is 6.61 Å². The van der Waals surface area contributed by atoms with Gasteiger partial charge >= 0.3 is 5.97 Å². The van der Waals surface area contributed by atoms with Crippen molar-refractivity contribution >= 4 is 120 Å². The summed E-state index contributed by atoms with van der Waals surface area (Å²) in [6.45, 7) is 7.32. The topological polar surface area (TPSA) is 92.8 Å². The smallest absolute Gasteiger partial charge is 0.329 e. The second-order valence-electron chi connectivity index (χ2n) is 9.03. The van der Waals surface area contributed by atoms with E-state index in [1.54, 1.807) is 6.07 Å². The first kappa shape index (κ1) is 30.0. The summed E-state index contributed by atoms with van der Waals surface area (Å²) in [5.74, 6) is -2.09. The predicted molar refractivity (Wildman–Crippen MR) is 171 cm³/mol. The molecule has 7 nitrogen and oxygen atoms in total. The van der Waals surface area contributed by atoms with Crippen molar-refractivity contribution in [3.63, 3.8) is 0 Å². The minimum Gasteiger partial charge on any atom is -0.454 e. The van der Waals surface area contributed by atoms with Crippen LogP contribution in [-0.2, 0) is 14.3 Å². The Morgan fingerprint density at radius 1 is 0.889 bits per heavy atom. The second kappa shape index (κ2) is 12.5. The number of benzene rings is 2. The highest BCUT2D eigenvalue weighted by molar-refractivity contribution is 14.1. The van der Waals surface area contributed by atoms with Gasteiger partial charge in [0, 0.05) is 20.0 Å². The molecule has 0 unspecified atom stereocenters. The molecule has 0 fully saturated rings. The Morgan fingerprint density at radius 2 is 1.42 bits per heavy atom. The lowest BCUT2D eigenvalue weighted by Gasteiger charge is -2.26. The molecule has 36 heavy (non-hydrogen) atoms. The molecule has 0 saturated heterocycles. The molecule has 2 aromatic carbocycles. The van der Waals surface area contributed by atoms with Gasteiger partial charge < -0.3 is 10.1 Å². The van der Waals surface area contributed by atoms with Crippen molar-refractivity contribution in [1.82, 2.24) is 4.90 Å². The molecule has 1 N–H and O–H groups in total. The fourth-order valence-corrected chi connectivity index (χ4v) is 7.59. The van der Waals surface area contributed by atoms with Crippen molar-refractivity contribution in [3.05, 3.63) is 55.2 Å². The summed E-state index contributed by atoms with van der Waals surface area (Å²) in [7, 11) is 0. The SMILES string of the molecule is CC(C)C[C@@H](C(=O)OCC(=O)Nc1ccccc1C(C)C)N1C(=O)c2c(I)c(I)c(I)c(I)c2C1=O. The van der Waals surface area contributed by atoms with Crippen molar-refractivity contribution in [3.8, 4) is 0 Å². The molecule has 3 rings (SSSR count). The minimum absolute atomic E-state index is 0.00276. The van der Waals surface area contributed by atoms with Crippen LogP contribution in [-0.4, -0.2) is 41.2 Å². The molecule has 0 bridgehead atoms. The number of halogens is 4. The van der Waals surface area contributed by atoms with Crippen LogP contribution in [0.4, 0.5) is 5.69 Å². The lowest BCUT2D eigenvalue weighted by Crippen LogP contribution is -2.47. The van der Waals surface area contributed by atoms with Crippen LogP contribution >= 0.6 is 90.4 Å². The minimum atomic E-state index is -1.13. The number of fused-ring (bicyclic) bond motifs is 1. The zero-order chi connectivity index (χ0) is 26.9. The summed E-state index contributed by atoms with van der Waals surface area (Å²) in [6, 6.07) is 6.31. The molecule has 3 amide bonds. The lowest BCUT2D eigenvalue weighted by atomic mass is 10.0. The van der Waals surface area contributed by atoms with Crippen LogP contribution in [0.15, 0.2) is 24.3 Å². The second-order valence-corrected chi connectivity index (χ2v) is 13.3. The largest absolute Gasteiger partial charge is 0.454 e. The standard InChI is InChI=1S/C25H24I4N2O5/c1-11(2)9-15(25(35)36-10-16(32)30-14-8-6-5-7-13(14)12(3)4)31-23(33)17-18(24(31)34)20(27)22(29)21(28)19(17)26/h5-8,11-12,15H,9-10H2,1-4H3,(H,30,32)/t15-/m0/s1. The van der Waals surface area contributed by atoms with E-state index >= 15 is 0 Å². The maximum absolute atomic E-state index is 13.5. The number of imide groups is 1. The number of rotatable bonds is 8. The maximum atomic E-state index is 13.5. The molecule has 11 heteroatoms. The molecule has 0 radical (unpaired) electrons. The molecule has 0 aliphatic carbocycles. The predicted octanol–water partition coefficient (Wildman–Crippen LogP) is 6.42. The Balaban J connectivity index is 1.82. The average Bonchev–Trinajstić information content (AvgIpc) is 3.08. The number of nitrogens with zero attached hydrogens (tertiary/aromatic N) is 1. The van der Waals surface area contributed by atoms with Crippen molar-refractivity contribution in [2.24, 2.45) is 5.92 Å². The van der Waals surface area contributed by atoms with Crippen LogP contribution in [0.5, 0.6) is 0 Å². The number of para-hydroxylation sites is 1. The van der Waals surface area contributed by atoms with E-state index in [1.165, 1.54) is 0 Å². The molecule has 1 aliphatic heterocycles. The van der Waals surface area contributed by atoms with Gasteiger partial charge in [-0.25, -0.2) is 4.79 Å². The van der Waals surface area contributed by atoms with Crippen LogP contribution in [0, 0.1) is 20.2 Å². The van der Waals surface area contributed by atoms with E-state index in [2.05, 4.69) is 95.7 Å². The number of nitrogens with one attached hydrogen (secondary N) is 1. The van der Waals surface area contributed by atoms with Gasteiger partial charge in [-0.2, -0.15) is 0 Å². The molecule has 1 atom stereocenters. The molecular formula is C25H24I4N2O5. The summed E-state index contributed by atoms with van der Waals surface area (Å²) >= 11 is 8.47. The van der Waals surface area contributed by atoms with Crippen molar-refractivity contribution in [2.75, 3.05) is 11.9 Å². The zero-order valence-electron chi connectivity index (χ0n) is 20.0. The van der Waals surface area contributed by atoms with Crippen LogP contribution in [0.3, 0.4) is 0 Å². The normalized spacial score (nSPS) is 13.9. The number of amides is 3. The fourth-order valence-electron chi connectivity index (χ4n) is 3.94. The van der Waals surface area contributed by atoms with Crippen molar-refractivity contribution < 1.29 is 23.9 Å². The molecular weight excluding hydrogens is 916 g/mol. The van der Waals surface area contributed by atoms with E-state index in [0.717, 1.165) is 17.6 Å². The Kier molecular flexibility index (Phi) is 10.4. The van der Waals surface area contributed by atoms with Crippen LogP contribution < -0.4 is 5.32 Å². The number of ether oxygens (including phenoxy) is 1. The molecule has 1 aliphatic rings. The summed E-state index contributed by atoms with van der Waals surface area (Å²) in [4.78, 5) is 53.7. The lowest BCUT2D eigenvalue weighted by molar-refractivity contribution is -0.151. The van der Waals surface area contributed by atoms with Gasteiger partial charge in [-0.1, -0.05) is 45.9 Å².